The molecule has 138 valence electrons. The maximum Gasteiger partial charge on any atom is 0.127 e. The molecule has 1 aliphatic carbocycles. The summed E-state index contributed by atoms with van der Waals surface area (Å²) in [5.74, 6) is 0.274. The highest BCUT2D eigenvalue weighted by Crippen LogP contribution is 2.50. The number of fused-ring (bicyclic) bond motifs is 1. The smallest absolute Gasteiger partial charge is 0.127 e. The Labute approximate surface area is 160 Å². The summed E-state index contributed by atoms with van der Waals surface area (Å²) in [6.45, 7) is 6.60. The molecule has 0 saturated carbocycles. The van der Waals surface area contributed by atoms with Gasteiger partial charge in [0.15, 0.2) is 0 Å². The predicted octanol–water partition coefficient (Wildman–Crippen LogP) is 4.78. The second-order valence-corrected chi connectivity index (χ2v) is 8.63. The predicted molar refractivity (Wildman–Crippen MR) is 106 cm³/mol. The maximum atomic E-state index is 14.5. The summed E-state index contributed by atoms with van der Waals surface area (Å²) in [7, 11) is 2.19. The number of nitrogens with one attached hydrogen (secondary N) is 1. The molecule has 26 heavy (non-hydrogen) atoms. The summed E-state index contributed by atoms with van der Waals surface area (Å²) in [6.07, 6.45) is 0.908. The fourth-order valence-corrected chi connectivity index (χ4v) is 5.04. The minimum Gasteiger partial charge on any atom is -0.310 e. The Bertz CT molecular complexity index is 820. The Balaban J connectivity index is 1.79. The Morgan fingerprint density at radius 1 is 1.12 bits per heavy atom. The molecule has 2 nitrogen and oxygen atoms in total. The van der Waals surface area contributed by atoms with Gasteiger partial charge in [-0.05, 0) is 62.2 Å². The highest BCUT2D eigenvalue weighted by molar-refractivity contribution is 6.30. The van der Waals surface area contributed by atoms with Gasteiger partial charge in [-0.3, -0.25) is 4.90 Å². The lowest BCUT2D eigenvalue weighted by atomic mass is 9.78. The Morgan fingerprint density at radius 3 is 2.65 bits per heavy atom. The number of nitrogens with zero attached hydrogens (tertiary/aromatic N) is 1. The zero-order valence-corrected chi connectivity index (χ0v) is 16.4. The second kappa shape index (κ2) is 6.63. The molecule has 0 aromatic heterocycles. The molecule has 1 fully saturated rings. The number of halogens is 2. The zero-order chi connectivity index (χ0) is 18.5. The van der Waals surface area contributed by atoms with Crippen molar-refractivity contribution in [2.75, 3.05) is 20.1 Å². The van der Waals surface area contributed by atoms with Crippen LogP contribution >= 0.6 is 11.6 Å². The Hall–Kier alpha value is -1.42. The number of likely N-dealkylation sites (N-methyl/N-ethyl adjacent to an activating group) is 1. The van der Waals surface area contributed by atoms with Gasteiger partial charge in [-0.1, -0.05) is 35.9 Å². The van der Waals surface area contributed by atoms with Crippen molar-refractivity contribution in [2.24, 2.45) is 0 Å². The maximum absolute atomic E-state index is 14.5. The van der Waals surface area contributed by atoms with Crippen molar-refractivity contribution in [3.63, 3.8) is 0 Å². The molecule has 4 heteroatoms. The van der Waals surface area contributed by atoms with Crippen LogP contribution in [0.1, 0.15) is 48.8 Å². The normalized spacial score (nSPS) is 28.1. The molecule has 0 amide bonds. The van der Waals surface area contributed by atoms with Crippen LogP contribution in [0.25, 0.3) is 0 Å². The standard InChI is InChI=1S/C22H26ClFN2/c1-22(2)21(25-10-11-26(22)3)19-13-18(16-6-4-5-7-20(16)24)15-9-8-14(23)12-17(15)19/h4-9,12,18-19,21,25H,10-11,13H2,1-3H3. The van der Waals surface area contributed by atoms with E-state index in [2.05, 4.69) is 43.2 Å². The molecule has 1 saturated heterocycles. The van der Waals surface area contributed by atoms with E-state index in [0.717, 1.165) is 30.1 Å². The SMILES string of the molecule is CN1CCNC(C2CC(c3ccccc3F)c3ccc(Cl)cc32)C1(C)C. The number of piperazine rings is 1. The van der Waals surface area contributed by atoms with E-state index in [9.17, 15) is 4.39 Å². The number of hydrogen-bond donors (Lipinski definition) is 1. The third-order valence-corrected chi connectivity index (χ3v) is 6.79. The van der Waals surface area contributed by atoms with Gasteiger partial charge < -0.3 is 5.32 Å². The van der Waals surface area contributed by atoms with E-state index in [0.29, 0.717) is 12.0 Å². The van der Waals surface area contributed by atoms with E-state index in [4.69, 9.17) is 11.6 Å². The molecular weight excluding hydrogens is 347 g/mol. The van der Waals surface area contributed by atoms with Crippen molar-refractivity contribution in [3.05, 3.63) is 70.0 Å². The van der Waals surface area contributed by atoms with Crippen LogP contribution in [-0.4, -0.2) is 36.6 Å². The molecule has 1 aliphatic heterocycles. The third-order valence-electron chi connectivity index (χ3n) is 6.55. The van der Waals surface area contributed by atoms with E-state index >= 15 is 0 Å². The molecule has 1 heterocycles. The number of benzene rings is 2. The van der Waals surface area contributed by atoms with Crippen molar-refractivity contribution in [2.45, 2.75) is 43.7 Å². The van der Waals surface area contributed by atoms with Crippen molar-refractivity contribution in [1.29, 1.82) is 0 Å². The third kappa shape index (κ3) is 2.87. The van der Waals surface area contributed by atoms with Crippen LogP contribution in [0.4, 0.5) is 4.39 Å². The van der Waals surface area contributed by atoms with Gasteiger partial charge in [0, 0.05) is 41.5 Å². The summed E-state index contributed by atoms with van der Waals surface area (Å²) < 4.78 is 14.5. The first-order valence-corrected chi connectivity index (χ1v) is 9.76. The lowest BCUT2D eigenvalue weighted by Gasteiger charge is -2.49. The van der Waals surface area contributed by atoms with E-state index < -0.39 is 0 Å². The van der Waals surface area contributed by atoms with Gasteiger partial charge in [-0.2, -0.15) is 0 Å². The van der Waals surface area contributed by atoms with Gasteiger partial charge in [-0.15, -0.1) is 0 Å². The van der Waals surface area contributed by atoms with E-state index in [-0.39, 0.29) is 17.3 Å². The minimum atomic E-state index is -0.118. The van der Waals surface area contributed by atoms with Crippen molar-refractivity contribution in [3.8, 4) is 0 Å². The lowest BCUT2D eigenvalue weighted by molar-refractivity contribution is 0.0609. The van der Waals surface area contributed by atoms with Crippen LogP contribution in [0, 0.1) is 5.82 Å². The van der Waals surface area contributed by atoms with Crippen molar-refractivity contribution in [1.82, 2.24) is 10.2 Å². The monoisotopic (exact) mass is 372 g/mol. The molecule has 0 radical (unpaired) electrons. The highest BCUT2D eigenvalue weighted by Gasteiger charge is 2.46. The molecule has 2 aliphatic rings. The lowest BCUT2D eigenvalue weighted by Crippen LogP contribution is -2.64. The summed E-state index contributed by atoms with van der Waals surface area (Å²) in [6, 6.07) is 13.6. The first kappa shape index (κ1) is 18.0. The van der Waals surface area contributed by atoms with Gasteiger partial charge in [0.05, 0.1) is 0 Å². The van der Waals surface area contributed by atoms with E-state index in [1.165, 1.54) is 11.1 Å². The molecular formula is C22H26ClFN2. The van der Waals surface area contributed by atoms with Crippen LogP contribution in [-0.2, 0) is 0 Å². The molecule has 4 rings (SSSR count). The van der Waals surface area contributed by atoms with Crippen LogP contribution in [0.5, 0.6) is 0 Å². The minimum absolute atomic E-state index is 0.0205. The van der Waals surface area contributed by atoms with Gasteiger partial charge in [-0.25, -0.2) is 4.39 Å². The van der Waals surface area contributed by atoms with Crippen molar-refractivity contribution >= 4 is 11.6 Å². The van der Waals surface area contributed by atoms with Crippen LogP contribution in [0.2, 0.25) is 5.02 Å². The summed E-state index contributed by atoms with van der Waals surface area (Å²) in [4.78, 5) is 2.43. The molecule has 3 unspecified atom stereocenters. The molecule has 2 aromatic carbocycles. The van der Waals surface area contributed by atoms with Crippen molar-refractivity contribution < 1.29 is 4.39 Å². The quantitative estimate of drug-likeness (QED) is 0.816. The first-order chi connectivity index (χ1) is 12.4. The second-order valence-electron chi connectivity index (χ2n) is 8.20. The Morgan fingerprint density at radius 2 is 1.88 bits per heavy atom. The van der Waals surface area contributed by atoms with Crippen LogP contribution in [0.3, 0.4) is 0 Å². The summed E-state index contributed by atoms with van der Waals surface area (Å²) in [5.41, 5.74) is 3.30. The van der Waals surface area contributed by atoms with Crippen LogP contribution in [0.15, 0.2) is 42.5 Å². The topological polar surface area (TPSA) is 15.3 Å². The molecule has 0 bridgehead atoms. The zero-order valence-electron chi connectivity index (χ0n) is 15.6. The molecule has 3 atom stereocenters. The Kier molecular flexibility index (Phi) is 4.58. The average Bonchev–Trinajstić information content (AvgIpc) is 2.96. The van der Waals surface area contributed by atoms with Gasteiger partial charge >= 0.3 is 0 Å². The highest BCUT2D eigenvalue weighted by atomic mass is 35.5. The summed E-state index contributed by atoms with van der Waals surface area (Å²) in [5, 5.41) is 4.50. The fourth-order valence-electron chi connectivity index (χ4n) is 4.86. The largest absolute Gasteiger partial charge is 0.310 e. The number of hydrogen-bond acceptors (Lipinski definition) is 2. The molecule has 1 N–H and O–H groups in total. The van der Waals surface area contributed by atoms with Gasteiger partial charge in [0.25, 0.3) is 0 Å². The number of rotatable bonds is 2. The first-order valence-electron chi connectivity index (χ1n) is 9.38. The van der Waals surface area contributed by atoms with Gasteiger partial charge in [0.2, 0.25) is 0 Å². The van der Waals surface area contributed by atoms with E-state index in [1.807, 2.05) is 18.2 Å². The fraction of sp³-hybridized carbons (Fsp3) is 0.455. The summed E-state index contributed by atoms with van der Waals surface area (Å²) >= 11 is 6.35. The van der Waals surface area contributed by atoms with Gasteiger partial charge in [0.1, 0.15) is 5.82 Å². The molecule has 0 spiro atoms. The molecule has 2 aromatic rings. The van der Waals surface area contributed by atoms with E-state index in [1.54, 1.807) is 12.1 Å². The van der Waals surface area contributed by atoms with Crippen LogP contribution < -0.4 is 5.32 Å². The average molecular weight is 373 g/mol.